The summed E-state index contributed by atoms with van der Waals surface area (Å²) in [7, 11) is 0. The van der Waals surface area contributed by atoms with Gasteiger partial charge >= 0.3 is 0 Å². The number of hydrogen-bond donors (Lipinski definition) is 1. The van der Waals surface area contributed by atoms with E-state index in [-0.39, 0.29) is 11.9 Å². The van der Waals surface area contributed by atoms with Crippen LogP contribution < -0.4 is 5.32 Å². The molecule has 0 amide bonds. The van der Waals surface area contributed by atoms with Gasteiger partial charge in [-0.25, -0.2) is 4.39 Å². The summed E-state index contributed by atoms with van der Waals surface area (Å²) in [5.74, 6) is -0.176. The number of rotatable bonds is 7. The van der Waals surface area contributed by atoms with Gasteiger partial charge in [0.25, 0.3) is 0 Å². The van der Waals surface area contributed by atoms with Crippen molar-refractivity contribution >= 4 is 15.9 Å². The van der Waals surface area contributed by atoms with Crippen LogP contribution in [0.4, 0.5) is 4.39 Å². The molecular formula is C13H19BrFNO. The van der Waals surface area contributed by atoms with E-state index in [2.05, 4.69) is 21.2 Å². The van der Waals surface area contributed by atoms with Crippen LogP contribution in [0.15, 0.2) is 22.7 Å². The van der Waals surface area contributed by atoms with Gasteiger partial charge in [0.05, 0.1) is 6.10 Å². The number of hydrogen-bond acceptors (Lipinski definition) is 2. The molecule has 0 radical (unpaired) electrons. The molecule has 17 heavy (non-hydrogen) atoms. The van der Waals surface area contributed by atoms with Crippen molar-refractivity contribution in [2.24, 2.45) is 0 Å². The Balaban J connectivity index is 2.18. The molecule has 0 aliphatic carbocycles. The molecule has 1 N–H and O–H groups in total. The molecular weight excluding hydrogens is 285 g/mol. The number of nitrogens with one attached hydrogen (secondary N) is 1. The van der Waals surface area contributed by atoms with Crippen molar-refractivity contribution in [3.63, 3.8) is 0 Å². The van der Waals surface area contributed by atoms with E-state index in [0.717, 1.165) is 24.0 Å². The molecule has 4 heteroatoms. The lowest BCUT2D eigenvalue weighted by Crippen LogP contribution is -2.18. The Kier molecular flexibility index (Phi) is 6.70. The van der Waals surface area contributed by atoms with Crippen LogP contribution in [0.1, 0.15) is 25.8 Å². The fraction of sp³-hybridized carbons (Fsp3) is 0.538. The van der Waals surface area contributed by atoms with Gasteiger partial charge in [0.2, 0.25) is 0 Å². The summed E-state index contributed by atoms with van der Waals surface area (Å²) in [5.41, 5.74) is 0.693. The molecule has 0 aromatic heterocycles. The van der Waals surface area contributed by atoms with Gasteiger partial charge in [-0.15, -0.1) is 0 Å². The van der Waals surface area contributed by atoms with Crippen molar-refractivity contribution in [2.45, 2.75) is 32.9 Å². The van der Waals surface area contributed by atoms with Crippen LogP contribution in [-0.2, 0) is 11.3 Å². The summed E-state index contributed by atoms with van der Waals surface area (Å²) >= 11 is 3.24. The molecule has 96 valence electrons. The predicted octanol–water partition coefficient (Wildman–Crippen LogP) is 3.49. The van der Waals surface area contributed by atoms with E-state index in [0.29, 0.717) is 12.1 Å². The fourth-order valence-corrected chi connectivity index (χ4v) is 1.74. The van der Waals surface area contributed by atoms with E-state index in [9.17, 15) is 4.39 Å². The Morgan fingerprint density at radius 1 is 1.41 bits per heavy atom. The minimum absolute atomic E-state index is 0.176. The Morgan fingerprint density at radius 3 is 2.82 bits per heavy atom. The summed E-state index contributed by atoms with van der Waals surface area (Å²) in [4.78, 5) is 0. The first-order valence-electron chi connectivity index (χ1n) is 5.86. The minimum Gasteiger partial charge on any atom is -0.379 e. The third-order valence-corrected chi connectivity index (χ3v) is 2.77. The third kappa shape index (κ3) is 6.15. The lowest BCUT2D eigenvalue weighted by atomic mass is 10.2. The van der Waals surface area contributed by atoms with Crippen LogP contribution in [0.3, 0.4) is 0 Å². The summed E-state index contributed by atoms with van der Waals surface area (Å²) in [6, 6.07) is 5.12. The molecule has 0 saturated heterocycles. The fourth-order valence-electron chi connectivity index (χ4n) is 1.40. The number of ether oxygens (including phenoxy) is 1. The van der Waals surface area contributed by atoms with E-state index in [1.54, 1.807) is 6.07 Å². The molecule has 2 nitrogen and oxygen atoms in total. The van der Waals surface area contributed by atoms with Crippen molar-refractivity contribution in [3.05, 3.63) is 34.1 Å². The van der Waals surface area contributed by atoms with Crippen molar-refractivity contribution in [1.82, 2.24) is 5.32 Å². The largest absolute Gasteiger partial charge is 0.379 e. The minimum atomic E-state index is -0.176. The van der Waals surface area contributed by atoms with E-state index in [4.69, 9.17) is 4.74 Å². The summed E-state index contributed by atoms with van der Waals surface area (Å²) in [6.07, 6.45) is 1.22. The normalized spacial score (nSPS) is 11.1. The molecule has 0 fully saturated rings. The molecule has 1 aromatic carbocycles. The zero-order valence-corrected chi connectivity index (χ0v) is 11.9. The molecule has 0 atom stereocenters. The highest BCUT2D eigenvalue weighted by Crippen LogP contribution is 2.14. The lowest BCUT2D eigenvalue weighted by molar-refractivity contribution is 0.0770. The van der Waals surface area contributed by atoms with Crippen LogP contribution in [0.2, 0.25) is 0 Å². The van der Waals surface area contributed by atoms with Crippen LogP contribution in [0, 0.1) is 5.82 Å². The highest BCUT2D eigenvalue weighted by Gasteiger charge is 2.01. The first kappa shape index (κ1) is 14.6. The average Bonchev–Trinajstić information content (AvgIpc) is 2.25. The maximum absolute atomic E-state index is 13.4. The zero-order chi connectivity index (χ0) is 12.7. The van der Waals surface area contributed by atoms with Gasteiger partial charge in [0.1, 0.15) is 5.82 Å². The molecule has 0 bridgehead atoms. The molecule has 1 rings (SSSR count). The summed E-state index contributed by atoms with van der Waals surface area (Å²) < 4.78 is 19.6. The molecule has 0 heterocycles. The molecule has 0 aliphatic heterocycles. The molecule has 0 spiro atoms. The van der Waals surface area contributed by atoms with Crippen LogP contribution in [0.25, 0.3) is 0 Å². The Hall–Kier alpha value is -0.450. The Bertz CT molecular complexity index is 344. The van der Waals surface area contributed by atoms with Crippen molar-refractivity contribution in [2.75, 3.05) is 13.2 Å². The van der Waals surface area contributed by atoms with Gasteiger partial charge in [-0.2, -0.15) is 0 Å². The lowest BCUT2D eigenvalue weighted by Gasteiger charge is -2.08. The van der Waals surface area contributed by atoms with Crippen molar-refractivity contribution in [1.29, 1.82) is 0 Å². The number of halogens is 2. The van der Waals surface area contributed by atoms with E-state index >= 15 is 0 Å². The van der Waals surface area contributed by atoms with Crippen LogP contribution >= 0.6 is 15.9 Å². The third-order valence-electron chi connectivity index (χ3n) is 2.28. The zero-order valence-electron chi connectivity index (χ0n) is 10.3. The number of benzene rings is 1. The average molecular weight is 304 g/mol. The van der Waals surface area contributed by atoms with Crippen LogP contribution in [-0.4, -0.2) is 19.3 Å². The first-order valence-corrected chi connectivity index (χ1v) is 6.65. The highest BCUT2D eigenvalue weighted by atomic mass is 79.9. The van der Waals surface area contributed by atoms with Crippen molar-refractivity contribution < 1.29 is 9.13 Å². The van der Waals surface area contributed by atoms with E-state index < -0.39 is 0 Å². The Morgan fingerprint density at radius 2 is 2.18 bits per heavy atom. The van der Waals surface area contributed by atoms with Gasteiger partial charge in [0.15, 0.2) is 0 Å². The van der Waals surface area contributed by atoms with Crippen molar-refractivity contribution in [3.8, 4) is 0 Å². The second-order valence-electron chi connectivity index (χ2n) is 4.19. The highest BCUT2D eigenvalue weighted by molar-refractivity contribution is 9.10. The summed E-state index contributed by atoms with van der Waals surface area (Å²) in [5, 5.41) is 3.20. The quantitative estimate of drug-likeness (QED) is 0.779. The second-order valence-corrected chi connectivity index (χ2v) is 5.10. The molecule has 0 unspecified atom stereocenters. The Labute approximate surface area is 111 Å². The first-order chi connectivity index (χ1) is 8.09. The monoisotopic (exact) mass is 303 g/mol. The molecule has 1 aromatic rings. The maximum Gasteiger partial charge on any atom is 0.128 e. The smallest absolute Gasteiger partial charge is 0.128 e. The SMILES string of the molecule is CC(C)OCCCNCc1ccc(Br)cc1F. The van der Waals surface area contributed by atoms with E-state index in [1.807, 2.05) is 19.9 Å². The topological polar surface area (TPSA) is 21.3 Å². The second kappa shape index (κ2) is 7.80. The van der Waals surface area contributed by atoms with Gasteiger partial charge in [0, 0.05) is 23.2 Å². The standard InChI is InChI=1S/C13H19BrFNO/c1-10(2)17-7-3-6-16-9-11-4-5-12(14)8-13(11)15/h4-5,8,10,16H,3,6-7,9H2,1-2H3. The molecule has 0 aliphatic rings. The predicted molar refractivity (Wildman–Crippen MR) is 71.5 cm³/mol. The molecule has 0 saturated carbocycles. The van der Waals surface area contributed by atoms with Gasteiger partial charge in [-0.05, 0) is 38.9 Å². The van der Waals surface area contributed by atoms with Crippen LogP contribution in [0.5, 0.6) is 0 Å². The van der Waals surface area contributed by atoms with Gasteiger partial charge < -0.3 is 10.1 Å². The summed E-state index contributed by atoms with van der Waals surface area (Å²) in [6.45, 7) is 6.17. The van der Waals surface area contributed by atoms with Gasteiger partial charge in [-0.3, -0.25) is 0 Å². The van der Waals surface area contributed by atoms with Gasteiger partial charge in [-0.1, -0.05) is 22.0 Å². The van der Waals surface area contributed by atoms with E-state index in [1.165, 1.54) is 6.07 Å². The maximum atomic E-state index is 13.4.